The first kappa shape index (κ1) is 22.4. The normalized spacial score (nSPS) is 9.18. The number of thiol groups is 1. The number of carbonyl (C=O) groups excluding carboxylic acids is 2. The molecule has 0 saturated heterocycles. The number of hydrogen-bond donors (Lipinski definition) is 2. The van der Waals surface area contributed by atoms with Crippen molar-refractivity contribution in [1.82, 2.24) is 0 Å². The standard InChI is InChI=1S/C7H12O4.Na.H2O3S2.H/c1-3-10-6(8)5-7(9)11-4-2;;1-5(2,3)4;/h3-5H2,1-2H3;;(H2,1,2,3,4);. The predicted octanol–water partition coefficient (Wildman–Crippen LogP) is -0.427. The fraction of sp³-hybridized carbons (Fsp3) is 0.714. The summed E-state index contributed by atoms with van der Waals surface area (Å²) in [4.78, 5) is 21.2. The molecule has 0 radical (unpaired) electrons. The maximum atomic E-state index is 10.6. The number of carbonyl (C=O) groups is 2. The summed E-state index contributed by atoms with van der Waals surface area (Å²) in [6.07, 6.45) is -0.290. The van der Waals surface area contributed by atoms with Gasteiger partial charge in [0.15, 0.2) is 0 Å². The van der Waals surface area contributed by atoms with Crippen molar-refractivity contribution < 1.29 is 32.0 Å². The molecule has 0 heterocycles. The van der Waals surface area contributed by atoms with Crippen molar-refractivity contribution in [3.8, 4) is 0 Å². The molecule has 0 rings (SSSR count). The van der Waals surface area contributed by atoms with E-state index < -0.39 is 21.1 Å². The third kappa shape index (κ3) is 31.4. The van der Waals surface area contributed by atoms with Crippen molar-refractivity contribution in [2.75, 3.05) is 13.2 Å². The van der Waals surface area contributed by atoms with E-state index in [9.17, 15) is 9.59 Å². The molecule has 0 aliphatic rings. The average molecular weight is 298 g/mol. The Bertz CT molecular complexity index is 290. The van der Waals surface area contributed by atoms with Crippen LogP contribution in [0.3, 0.4) is 0 Å². The molecule has 0 saturated carbocycles. The van der Waals surface area contributed by atoms with E-state index in [2.05, 4.69) is 21.1 Å². The summed E-state index contributed by atoms with van der Waals surface area (Å²) in [5.41, 5.74) is 0. The van der Waals surface area contributed by atoms with E-state index in [1.54, 1.807) is 13.8 Å². The second-order valence-electron chi connectivity index (χ2n) is 2.23. The van der Waals surface area contributed by atoms with Crippen LogP contribution in [-0.4, -0.2) is 67.7 Å². The number of ether oxygens (including phenoxy) is 2. The van der Waals surface area contributed by atoms with Crippen LogP contribution in [0.4, 0.5) is 0 Å². The fourth-order valence-corrected chi connectivity index (χ4v) is 0.542. The molecule has 0 bridgehead atoms. The molecule has 17 heavy (non-hydrogen) atoms. The quantitative estimate of drug-likeness (QED) is 0.181. The Hall–Kier alpha value is 0.200. The van der Waals surface area contributed by atoms with Crippen molar-refractivity contribution in [2.45, 2.75) is 20.3 Å². The summed E-state index contributed by atoms with van der Waals surface area (Å²) in [6.45, 7) is 3.95. The van der Waals surface area contributed by atoms with Gasteiger partial charge >= 0.3 is 50.6 Å². The first-order valence-corrected chi connectivity index (χ1v) is 6.71. The first-order chi connectivity index (χ1) is 7.20. The molecule has 0 amide bonds. The van der Waals surface area contributed by atoms with Crippen LogP contribution in [0, 0.1) is 0 Å². The Morgan fingerprint density at radius 1 is 1.12 bits per heavy atom. The maximum absolute atomic E-state index is 10.6. The zero-order chi connectivity index (χ0) is 13.2. The third-order valence-corrected chi connectivity index (χ3v) is 0.899. The van der Waals surface area contributed by atoms with Gasteiger partial charge < -0.3 is 9.47 Å². The van der Waals surface area contributed by atoms with Crippen molar-refractivity contribution in [2.24, 2.45) is 0 Å². The Kier molecular flexibility index (Phi) is 16.7. The van der Waals surface area contributed by atoms with Crippen LogP contribution in [0.2, 0.25) is 0 Å². The van der Waals surface area contributed by atoms with Gasteiger partial charge in [0.1, 0.15) is 6.42 Å². The van der Waals surface area contributed by atoms with E-state index in [1.165, 1.54) is 0 Å². The Balaban J connectivity index is -0.000000280. The van der Waals surface area contributed by atoms with E-state index in [4.69, 9.17) is 13.0 Å². The van der Waals surface area contributed by atoms with E-state index >= 15 is 0 Å². The van der Waals surface area contributed by atoms with Crippen molar-refractivity contribution in [3.05, 3.63) is 0 Å². The van der Waals surface area contributed by atoms with E-state index in [0.717, 1.165) is 0 Å². The molecule has 0 aliphatic heterocycles. The topological polar surface area (TPSA) is 107 Å². The van der Waals surface area contributed by atoms with Crippen molar-refractivity contribution in [1.29, 1.82) is 0 Å². The van der Waals surface area contributed by atoms with Gasteiger partial charge in [-0.15, -0.1) is 0 Å². The van der Waals surface area contributed by atoms with Gasteiger partial charge in [0.2, 0.25) is 0 Å². The Morgan fingerprint density at radius 2 is 1.35 bits per heavy atom. The second kappa shape index (κ2) is 12.7. The molecule has 0 aliphatic carbocycles. The minimum absolute atomic E-state index is 0. The third-order valence-electron chi connectivity index (χ3n) is 0.899. The molecular weight excluding hydrogens is 283 g/mol. The van der Waals surface area contributed by atoms with Gasteiger partial charge in [-0.05, 0) is 25.5 Å². The van der Waals surface area contributed by atoms with Gasteiger partial charge in [-0.2, -0.15) is 8.42 Å². The van der Waals surface area contributed by atoms with E-state index in [-0.39, 0.29) is 49.2 Å². The number of esters is 2. The Labute approximate surface area is 127 Å². The van der Waals surface area contributed by atoms with Crippen molar-refractivity contribution in [3.63, 3.8) is 0 Å². The van der Waals surface area contributed by atoms with Crippen LogP contribution in [0.15, 0.2) is 0 Å². The number of rotatable bonds is 4. The number of hydrogen-bond acceptors (Lipinski definition) is 6. The Morgan fingerprint density at radius 3 is 1.53 bits per heavy atom. The molecule has 0 spiro atoms. The van der Waals surface area contributed by atoms with Gasteiger partial charge in [0.25, 0.3) is 0 Å². The first-order valence-electron chi connectivity index (χ1n) is 4.21. The predicted molar refractivity (Wildman–Crippen MR) is 65.6 cm³/mol. The molecule has 0 aromatic heterocycles. The molecule has 0 aromatic carbocycles. The fourth-order valence-electron chi connectivity index (χ4n) is 0.542. The zero-order valence-corrected chi connectivity index (χ0v) is 10.6. The summed E-state index contributed by atoms with van der Waals surface area (Å²) < 4.78 is 34.5. The zero-order valence-electron chi connectivity index (χ0n) is 8.87. The summed E-state index contributed by atoms with van der Waals surface area (Å²) in [5.74, 6) is -1.07. The summed E-state index contributed by atoms with van der Waals surface area (Å²) in [5, 5.41) is 0. The molecule has 0 atom stereocenters. The van der Waals surface area contributed by atoms with Crippen LogP contribution >= 0.6 is 11.7 Å². The average Bonchev–Trinajstić information content (AvgIpc) is 2.00. The van der Waals surface area contributed by atoms with Crippen LogP contribution in [0.1, 0.15) is 20.3 Å². The van der Waals surface area contributed by atoms with E-state index in [1.807, 2.05) is 0 Å². The van der Waals surface area contributed by atoms with Crippen LogP contribution in [0.25, 0.3) is 0 Å². The molecule has 0 aromatic rings. The SMILES string of the molecule is CCOC(=O)CC(=O)OCC.O=S(=O)(O)S.[NaH]. The van der Waals surface area contributed by atoms with Gasteiger partial charge in [-0.25, -0.2) is 0 Å². The van der Waals surface area contributed by atoms with Crippen LogP contribution in [0.5, 0.6) is 0 Å². The molecule has 98 valence electrons. The van der Waals surface area contributed by atoms with Gasteiger partial charge in [-0.1, -0.05) is 0 Å². The summed E-state index contributed by atoms with van der Waals surface area (Å²) in [7, 11) is -3.97. The summed E-state index contributed by atoms with van der Waals surface area (Å²) >= 11 is 2.65. The molecular formula is C7H15NaO7S2. The van der Waals surface area contributed by atoms with Crippen LogP contribution in [-0.2, 0) is 28.2 Å². The molecule has 7 nitrogen and oxygen atoms in total. The van der Waals surface area contributed by atoms with Gasteiger partial charge in [0, 0.05) is 0 Å². The monoisotopic (exact) mass is 298 g/mol. The van der Waals surface area contributed by atoms with Crippen molar-refractivity contribution >= 4 is 62.3 Å². The minimum atomic E-state index is -3.97. The molecule has 0 fully saturated rings. The summed E-state index contributed by atoms with van der Waals surface area (Å²) in [6, 6.07) is 0. The molecule has 10 heteroatoms. The molecule has 1 N–H and O–H groups in total. The second-order valence-corrected chi connectivity index (χ2v) is 4.51. The van der Waals surface area contributed by atoms with E-state index in [0.29, 0.717) is 0 Å². The van der Waals surface area contributed by atoms with Gasteiger partial charge in [-0.3, -0.25) is 14.1 Å². The molecule has 0 unspecified atom stereocenters. The van der Waals surface area contributed by atoms with Crippen LogP contribution < -0.4 is 0 Å². The van der Waals surface area contributed by atoms with Gasteiger partial charge in [0.05, 0.1) is 13.2 Å².